The first-order valence-electron chi connectivity index (χ1n) is 4.37. The van der Waals surface area contributed by atoms with Gasteiger partial charge in [0.05, 0.1) is 6.04 Å². The summed E-state index contributed by atoms with van der Waals surface area (Å²) in [6.07, 6.45) is 2.02. The highest BCUT2D eigenvalue weighted by Crippen LogP contribution is 2.22. The molecule has 1 aromatic heterocycles. The van der Waals surface area contributed by atoms with Crippen molar-refractivity contribution in [2.24, 2.45) is 4.99 Å². The van der Waals surface area contributed by atoms with Gasteiger partial charge in [-0.25, -0.2) is 4.79 Å². The molecule has 0 aromatic carbocycles. The SMILES string of the molecule is O=C(O)c1cccc(=NC2CC2)n1O. The molecule has 1 aliphatic rings. The van der Waals surface area contributed by atoms with Gasteiger partial charge in [0.1, 0.15) is 0 Å². The number of pyridine rings is 1. The van der Waals surface area contributed by atoms with Gasteiger partial charge in [0.15, 0.2) is 11.2 Å². The van der Waals surface area contributed by atoms with Gasteiger partial charge >= 0.3 is 5.97 Å². The number of carboxylic acid groups (broad SMARTS) is 1. The van der Waals surface area contributed by atoms with Crippen LogP contribution in [-0.2, 0) is 0 Å². The Bertz CT molecular complexity index is 432. The fourth-order valence-electron chi connectivity index (χ4n) is 1.14. The molecule has 1 saturated carbocycles. The fourth-order valence-corrected chi connectivity index (χ4v) is 1.14. The lowest BCUT2D eigenvalue weighted by molar-refractivity contribution is 0.0632. The molecular weight excluding hydrogens is 184 g/mol. The van der Waals surface area contributed by atoms with E-state index in [1.54, 1.807) is 12.1 Å². The Labute approximate surface area is 79.9 Å². The summed E-state index contributed by atoms with van der Waals surface area (Å²) in [5.74, 6) is -1.17. The van der Waals surface area contributed by atoms with Crippen LogP contribution in [0, 0.1) is 0 Å². The molecule has 5 nitrogen and oxygen atoms in total. The van der Waals surface area contributed by atoms with Crippen LogP contribution in [0.15, 0.2) is 23.2 Å². The minimum atomic E-state index is -1.17. The van der Waals surface area contributed by atoms with E-state index in [1.165, 1.54) is 6.07 Å². The molecule has 1 fully saturated rings. The zero-order valence-electron chi connectivity index (χ0n) is 7.42. The molecule has 0 atom stereocenters. The third-order valence-corrected chi connectivity index (χ3v) is 2.03. The fraction of sp³-hybridized carbons (Fsp3) is 0.333. The number of aromatic nitrogens is 1. The molecule has 0 radical (unpaired) electrons. The van der Waals surface area contributed by atoms with Gasteiger partial charge in [-0.1, -0.05) is 6.07 Å². The number of hydrogen-bond donors (Lipinski definition) is 2. The summed E-state index contributed by atoms with van der Waals surface area (Å²) in [6.45, 7) is 0. The smallest absolute Gasteiger partial charge is 0.356 e. The summed E-state index contributed by atoms with van der Waals surface area (Å²) in [5, 5.41) is 18.2. The second kappa shape index (κ2) is 3.17. The van der Waals surface area contributed by atoms with Gasteiger partial charge in [0, 0.05) is 0 Å². The van der Waals surface area contributed by atoms with Crippen LogP contribution in [0.25, 0.3) is 0 Å². The maximum Gasteiger partial charge on any atom is 0.356 e. The third-order valence-electron chi connectivity index (χ3n) is 2.03. The van der Waals surface area contributed by atoms with E-state index in [9.17, 15) is 10.0 Å². The monoisotopic (exact) mass is 194 g/mol. The van der Waals surface area contributed by atoms with Crippen LogP contribution < -0.4 is 5.49 Å². The maximum absolute atomic E-state index is 10.7. The van der Waals surface area contributed by atoms with Crippen LogP contribution in [-0.4, -0.2) is 27.1 Å². The number of aromatic carboxylic acids is 1. The highest BCUT2D eigenvalue weighted by atomic mass is 16.5. The Hall–Kier alpha value is -1.78. The predicted molar refractivity (Wildman–Crippen MR) is 47.2 cm³/mol. The number of carbonyl (C=O) groups is 1. The van der Waals surface area contributed by atoms with Crippen LogP contribution in [0.2, 0.25) is 0 Å². The minimum Gasteiger partial charge on any atom is -0.476 e. The van der Waals surface area contributed by atoms with Crippen LogP contribution >= 0.6 is 0 Å². The van der Waals surface area contributed by atoms with Crippen LogP contribution in [0.3, 0.4) is 0 Å². The molecule has 1 aromatic rings. The zero-order valence-corrected chi connectivity index (χ0v) is 7.42. The first-order chi connectivity index (χ1) is 6.68. The van der Waals surface area contributed by atoms with Gasteiger partial charge in [0.25, 0.3) is 0 Å². The molecule has 14 heavy (non-hydrogen) atoms. The van der Waals surface area contributed by atoms with E-state index in [4.69, 9.17) is 5.11 Å². The van der Waals surface area contributed by atoms with E-state index in [-0.39, 0.29) is 11.7 Å². The van der Waals surface area contributed by atoms with Crippen molar-refractivity contribution in [3.05, 3.63) is 29.4 Å². The summed E-state index contributed by atoms with van der Waals surface area (Å²) in [7, 11) is 0. The molecule has 74 valence electrons. The van der Waals surface area contributed by atoms with E-state index >= 15 is 0 Å². The number of nitrogens with zero attached hydrogens (tertiary/aromatic N) is 2. The molecule has 0 saturated heterocycles. The molecular formula is C9H10N2O3. The number of carboxylic acids is 1. The summed E-state index contributed by atoms with van der Waals surface area (Å²) < 4.78 is 0.612. The lowest BCUT2D eigenvalue weighted by Crippen LogP contribution is -2.24. The Morgan fingerprint density at radius 1 is 1.50 bits per heavy atom. The van der Waals surface area contributed by atoms with Gasteiger partial charge in [0.2, 0.25) is 0 Å². The van der Waals surface area contributed by atoms with Gasteiger partial charge in [-0.05, 0) is 25.0 Å². The highest BCUT2D eigenvalue weighted by Gasteiger charge is 2.20. The largest absolute Gasteiger partial charge is 0.476 e. The average molecular weight is 194 g/mol. The van der Waals surface area contributed by atoms with Crippen LogP contribution in [0.5, 0.6) is 0 Å². The van der Waals surface area contributed by atoms with Crippen molar-refractivity contribution in [2.45, 2.75) is 18.9 Å². The minimum absolute atomic E-state index is 0.174. The lowest BCUT2D eigenvalue weighted by atomic mass is 10.3. The molecule has 0 spiro atoms. The van der Waals surface area contributed by atoms with Gasteiger partial charge in [-0.3, -0.25) is 4.99 Å². The summed E-state index contributed by atoms with van der Waals surface area (Å²) >= 11 is 0. The van der Waals surface area contributed by atoms with Crippen molar-refractivity contribution in [3.8, 4) is 0 Å². The van der Waals surface area contributed by atoms with Crippen molar-refractivity contribution >= 4 is 5.97 Å². The topological polar surface area (TPSA) is 74.8 Å². The molecule has 1 aliphatic carbocycles. The van der Waals surface area contributed by atoms with Crippen molar-refractivity contribution < 1.29 is 15.1 Å². The average Bonchev–Trinajstić information content (AvgIpc) is 2.92. The van der Waals surface area contributed by atoms with Crippen molar-refractivity contribution in [2.75, 3.05) is 0 Å². The van der Waals surface area contributed by atoms with Gasteiger partial charge in [-0.15, -0.1) is 0 Å². The second-order valence-corrected chi connectivity index (χ2v) is 3.25. The number of rotatable bonds is 2. The first kappa shape index (κ1) is 8.80. The first-order valence-corrected chi connectivity index (χ1v) is 4.37. The Morgan fingerprint density at radius 2 is 2.21 bits per heavy atom. The van der Waals surface area contributed by atoms with Gasteiger partial charge in [-0.2, -0.15) is 4.73 Å². The van der Waals surface area contributed by atoms with Crippen LogP contribution in [0.4, 0.5) is 0 Å². The Morgan fingerprint density at radius 3 is 2.79 bits per heavy atom. The van der Waals surface area contributed by atoms with Crippen molar-refractivity contribution in [1.29, 1.82) is 0 Å². The number of hydrogen-bond acceptors (Lipinski definition) is 3. The molecule has 2 N–H and O–H groups in total. The standard InChI is InChI=1S/C9H10N2O3/c12-9(13)7-2-1-3-8(11(7)14)10-6-4-5-6/h1-3,6,14H,4-5H2,(H,12,13). The summed E-state index contributed by atoms with van der Waals surface area (Å²) in [4.78, 5) is 14.8. The molecule has 0 amide bonds. The molecule has 0 aliphatic heterocycles. The molecule has 1 heterocycles. The van der Waals surface area contributed by atoms with Crippen molar-refractivity contribution in [1.82, 2.24) is 4.73 Å². The van der Waals surface area contributed by atoms with Crippen LogP contribution in [0.1, 0.15) is 23.3 Å². The normalized spacial score (nSPS) is 17.0. The maximum atomic E-state index is 10.7. The van der Waals surface area contributed by atoms with E-state index in [0.717, 1.165) is 12.8 Å². The molecule has 0 bridgehead atoms. The quantitative estimate of drug-likeness (QED) is 0.672. The van der Waals surface area contributed by atoms with Crippen molar-refractivity contribution in [3.63, 3.8) is 0 Å². The second-order valence-electron chi connectivity index (χ2n) is 3.25. The predicted octanol–water partition coefficient (Wildman–Crippen LogP) is 0.487. The highest BCUT2D eigenvalue weighted by molar-refractivity contribution is 5.85. The van der Waals surface area contributed by atoms with E-state index < -0.39 is 5.97 Å². The molecule has 2 rings (SSSR count). The summed E-state index contributed by atoms with van der Waals surface area (Å²) in [5.41, 5.74) is 0.124. The van der Waals surface area contributed by atoms with E-state index in [1.807, 2.05) is 0 Å². The third kappa shape index (κ3) is 1.61. The summed E-state index contributed by atoms with van der Waals surface area (Å²) in [6, 6.07) is 4.73. The molecule has 5 heteroatoms. The molecule has 0 unspecified atom stereocenters. The Kier molecular flexibility index (Phi) is 1.99. The lowest BCUT2D eigenvalue weighted by Gasteiger charge is -2.02. The Balaban J connectivity index is 2.51. The van der Waals surface area contributed by atoms with E-state index in [0.29, 0.717) is 10.2 Å². The van der Waals surface area contributed by atoms with E-state index in [2.05, 4.69) is 4.99 Å². The van der Waals surface area contributed by atoms with Gasteiger partial charge < -0.3 is 10.3 Å². The zero-order chi connectivity index (χ0) is 10.1.